The van der Waals surface area contributed by atoms with E-state index in [4.69, 9.17) is 0 Å². The standard InChI is InChI=1S/C19H19F3N4OS/c1-11-10-28-18(24-11)9-23-17(27)8-16-12(2)25-26(13(16)3)15-6-4-5-14(7-15)19(20,21)22/h4-7,10H,8-9H2,1-3H3,(H,23,27). The van der Waals surface area contributed by atoms with Crippen molar-refractivity contribution in [2.24, 2.45) is 0 Å². The zero-order chi connectivity index (χ0) is 20.5. The second-order valence-corrected chi connectivity index (χ2v) is 7.39. The highest BCUT2D eigenvalue weighted by atomic mass is 32.1. The van der Waals surface area contributed by atoms with Gasteiger partial charge in [-0.25, -0.2) is 9.67 Å². The largest absolute Gasteiger partial charge is 0.416 e. The monoisotopic (exact) mass is 408 g/mol. The van der Waals surface area contributed by atoms with Crippen molar-refractivity contribution in [1.29, 1.82) is 0 Å². The minimum Gasteiger partial charge on any atom is -0.349 e. The molecule has 3 aromatic rings. The lowest BCUT2D eigenvalue weighted by Crippen LogP contribution is -2.25. The van der Waals surface area contributed by atoms with Crippen LogP contribution in [-0.2, 0) is 23.9 Å². The van der Waals surface area contributed by atoms with Gasteiger partial charge >= 0.3 is 6.18 Å². The number of aromatic nitrogens is 3. The summed E-state index contributed by atoms with van der Waals surface area (Å²) in [6, 6.07) is 4.97. The van der Waals surface area contributed by atoms with E-state index < -0.39 is 11.7 Å². The van der Waals surface area contributed by atoms with Crippen LogP contribution in [0, 0.1) is 20.8 Å². The summed E-state index contributed by atoms with van der Waals surface area (Å²) in [7, 11) is 0. The van der Waals surface area contributed by atoms with E-state index in [1.165, 1.54) is 22.1 Å². The number of hydrogen-bond acceptors (Lipinski definition) is 4. The number of thiazole rings is 1. The van der Waals surface area contributed by atoms with Gasteiger partial charge in [0.25, 0.3) is 0 Å². The van der Waals surface area contributed by atoms with E-state index in [0.717, 1.165) is 22.8 Å². The summed E-state index contributed by atoms with van der Waals surface area (Å²) in [4.78, 5) is 16.6. The highest BCUT2D eigenvalue weighted by Crippen LogP contribution is 2.30. The van der Waals surface area contributed by atoms with Crippen molar-refractivity contribution in [1.82, 2.24) is 20.1 Å². The fraction of sp³-hybridized carbons (Fsp3) is 0.316. The molecule has 1 amide bonds. The number of carbonyl (C=O) groups is 1. The van der Waals surface area contributed by atoms with Crippen molar-refractivity contribution in [3.05, 3.63) is 62.9 Å². The maximum Gasteiger partial charge on any atom is 0.416 e. The van der Waals surface area contributed by atoms with E-state index >= 15 is 0 Å². The van der Waals surface area contributed by atoms with E-state index in [1.54, 1.807) is 19.9 Å². The molecule has 2 aromatic heterocycles. The van der Waals surface area contributed by atoms with E-state index in [9.17, 15) is 18.0 Å². The number of halogens is 3. The minimum absolute atomic E-state index is 0.0982. The highest BCUT2D eigenvalue weighted by molar-refractivity contribution is 7.09. The van der Waals surface area contributed by atoms with Crippen LogP contribution >= 0.6 is 11.3 Å². The molecule has 1 N–H and O–H groups in total. The molecule has 0 atom stereocenters. The first-order chi connectivity index (χ1) is 13.1. The predicted molar refractivity (Wildman–Crippen MR) is 100 cm³/mol. The third-order valence-corrected chi connectivity index (χ3v) is 5.27. The summed E-state index contributed by atoms with van der Waals surface area (Å²) in [5, 5.41) is 9.88. The van der Waals surface area contributed by atoms with Crippen molar-refractivity contribution in [3.63, 3.8) is 0 Å². The zero-order valence-corrected chi connectivity index (χ0v) is 16.4. The van der Waals surface area contributed by atoms with Crippen molar-refractivity contribution in [3.8, 4) is 5.69 Å². The average molecular weight is 408 g/mol. The van der Waals surface area contributed by atoms with Crippen LogP contribution in [0.2, 0.25) is 0 Å². The maximum atomic E-state index is 13.0. The number of aryl methyl sites for hydroxylation is 2. The van der Waals surface area contributed by atoms with Crippen LogP contribution in [0.4, 0.5) is 13.2 Å². The number of carbonyl (C=O) groups excluding carboxylic acids is 1. The van der Waals surface area contributed by atoms with Gasteiger partial charge in [0.1, 0.15) is 5.01 Å². The van der Waals surface area contributed by atoms with Crippen molar-refractivity contribution in [2.45, 2.75) is 39.9 Å². The average Bonchev–Trinajstić information content (AvgIpc) is 3.17. The van der Waals surface area contributed by atoms with E-state index in [1.807, 2.05) is 12.3 Å². The normalized spacial score (nSPS) is 11.6. The molecule has 0 aliphatic rings. The Balaban J connectivity index is 1.77. The number of alkyl halides is 3. The van der Waals surface area contributed by atoms with Gasteiger partial charge in [-0.15, -0.1) is 11.3 Å². The summed E-state index contributed by atoms with van der Waals surface area (Å²) in [5.74, 6) is -0.192. The second-order valence-electron chi connectivity index (χ2n) is 6.45. The maximum absolute atomic E-state index is 13.0. The summed E-state index contributed by atoms with van der Waals surface area (Å²) in [5.41, 5.74) is 2.41. The summed E-state index contributed by atoms with van der Waals surface area (Å²) in [6.07, 6.45) is -4.33. The first-order valence-corrected chi connectivity index (χ1v) is 9.43. The van der Waals surface area contributed by atoms with Crippen LogP contribution in [0.15, 0.2) is 29.6 Å². The molecule has 0 aliphatic heterocycles. The fourth-order valence-electron chi connectivity index (χ4n) is 2.88. The quantitative estimate of drug-likeness (QED) is 0.691. The lowest BCUT2D eigenvalue weighted by Gasteiger charge is -2.10. The van der Waals surface area contributed by atoms with E-state index in [2.05, 4.69) is 15.4 Å². The van der Waals surface area contributed by atoms with Crippen LogP contribution < -0.4 is 5.32 Å². The van der Waals surface area contributed by atoms with Gasteiger partial charge in [0.2, 0.25) is 5.91 Å². The minimum atomic E-state index is -4.43. The van der Waals surface area contributed by atoms with Gasteiger partial charge in [-0.2, -0.15) is 18.3 Å². The van der Waals surface area contributed by atoms with Gasteiger partial charge < -0.3 is 5.32 Å². The lowest BCUT2D eigenvalue weighted by molar-refractivity contribution is -0.137. The van der Waals surface area contributed by atoms with E-state index in [0.29, 0.717) is 29.2 Å². The molecule has 3 rings (SSSR count). The first-order valence-electron chi connectivity index (χ1n) is 8.55. The Morgan fingerprint density at radius 2 is 2.00 bits per heavy atom. The molecule has 0 saturated carbocycles. The molecule has 9 heteroatoms. The van der Waals surface area contributed by atoms with Gasteiger partial charge in [0.15, 0.2) is 0 Å². The molecule has 5 nitrogen and oxygen atoms in total. The topological polar surface area (TPSA) is 59.8 Å². The Kier molecular flexibility index (Phi) is 5.55. The van der Waals surface area contributed by atoms with Crippen molar-refractivity contribution < 1.29 is 18.0 Å². The Bertz CT molecular complexity index is 1010. The smallest absolute Gasteiger partial charge is 0.349 e. The van der Waals surface area contributed by atoms with Gasteiger partial charge in [0.05, 0.1) is 29.9 Å². The second kappa shape index (κ2) is 7.75. The van der Waals surface area contributed by atoms with Crippen molar-refractivity contribution in [2.75, 3.05) is 0 Å². The number of nitrogens with zero attached hydrogens (tertiary/aromatic N) is 3. The fourth-order valence-corrected chi connectivity index (χ4v) is 3.59. The zero-order valence-electron chi connectivity index (χ0n) is 15.6. The number of benzene rings is 1. The third-order valence-electron chi connectivity index (χ3n) is 4.30. The predicted octanol–water partition coefficient (Wildman–Crippen LogP) is 4.13. The lowest BCUT2D eigenvalue weighted by atomic mass is 10.1. The molecule has 1 aromatic carbocycles. The number of hydrogen-bond donors (Lipinski definition) is 1. The van der Waals surface area contributed by atoms with Crippen LogP contribution in [0.1, 0.15) is 33.2 Å². The van der Waals surface area contributed by atoms with Crippen LogP contribution in [0.3, 0.4) is 0 Å². The molecule has 2 heterocycles. The van der Waals surface area contributed by atoms with Crippen LogP contribution in [-0.4, -0.2) is 20.7 Å². The summed E-state index contributed by atoms with van der Waals surface area (Å²) >= 11 is 1.47. The van der Waals surface area contributed by atoms with Crippen molar-refractivity contribution >= 4 is 17.2 Å². The highest BCUT2D eigenvalue weighted by Gasteiger charge is 2.30. The molecule has 0 radical (unpaired) electrons. The third kappa shape index (κ3) is 4.41. The summed E-state index contributed by atoms with van der Waals surface area (Å²) in [6.45, 7) is 5.71. The number of nitrogens with one attached hydrogen (secondary N) is 1. The Labute approximate surface area is 164 Å². The molecule has 28 heavy (non-hydrogen) atoms. The van der Waals surface area contributed by atoms with Gasteiger partial charge in [-0.1, -0.05) is 6.07 Å². The number of amides is 1. The number of rotatable bonds is 5. The summed E-state index contributed by atoms with van der Waals surface area (Å²) < 4.78 is 40.4. The molecular weight excluding hydrogens is 389 g/mol. The van der Waals surface area contributed by atoms with Gasteiger partial charge in [-0.05, 0) is 39.0 Å². The van der Waals surface area contributed by atoms with Crippen LogP contribution in [0.25, 0.3) is 5.69 Å². The Morgan fingerprint density at radius 3 is 2.64 bits per heavy atom. The Hall–Kier alpha value is -2.68. The first kappa shape index (κ1) is 20.1. The molecule has 0 aliphatic carbocycles. The molecular formula is C19H19F3N4OS. The molecule has 0 fully saturated rings. The molecule has 0 spiro atoms. The molecule has 0 saturated heterocycles. The SMILES string of the molecule is Cc1csc(CNC(=O)Cc2c(C)nn(-c3cccc(C(F)(F)F)c3)c2C)n1. The van der Waals surface area contributed by atoms with Gasteiger partial charge in [0, 0.05) is 22.3 Å². The van der Waals surface area contributed by atoms with Gasteiger partial charge in [-0.3, -0.25) is 4.79 Å². The molecule has 0 unspecified atom stereocenters. The Morgan fingerprint density at radius 1 is 1.25 bits per heavy atom. The van der Waals surface area contributed by atoms with Crippen LogP contribution in [0.5, 0.6) is 0 Å². The van der Waals surface area contributed by atoms with E-state index in [-0.39, 0.29) is 12.3 Å². The molecule has 148 valence electrons. The molecule has 0 bridgehead atoms.